The normalized spacial score (nSPS) is 10.8. The van der Waals surface area contributed by atoms with E-state index in [1.165, 1.54) is 6.34 Å². The van der Waals surface area contributed by atoms with E-state index in [0.29, 0.717) is 5.69 Å². The number of aliphatic imine (C=N–C) groups is 1. The smallest absolute Gasteiger partial charge is 0.0905 e. The highest BCUT2D eigenvalue weighted by atomic mass is 14.8. The molecule has 0 bridgehead atoms. The van der Waals surface area contributed by atoms with Crippen LogP contribution >= 0.6 is 0 Å². The van der Waals surface area contributed by atoms with Gasteiger partial charge in [-0.2, -0.15) is 0 Å². The summed E-state index contributed by atoms with van der Waals surface area (Å²) in [6.07, 6.45) is 1.26. The summed E-state index contributed by atoms with van der Waals surface area (Å²) in [7, 11) is 0. The molecule has 0 aliphatic heterocycles. The second-order valence-corrected chi connectivity index (χ2v) is 2.80. The molecule has 1 rings (SSSR count). The molecule has 12 heavy (non-hydrogen) atoms. The van der Waals surface area contributed by atoms with E-state index in [1.54, 1.807) is 0 Å². The molecule has 0 amide bonds. The quantitative estimate of drug-likeness (QED) is 0.374. The van der Waals surface area contributed by atoms with Gasteiger partial charge >= 0.3 is 0 Å². The van der Waals surface area contributed by atoms with Crippen molar-refractivity contribution in [1.82, 2.24) is 0 Å². The molecule has 0 saturated carbocycles. The van der Waals surface area contributed by atoms with Gasteiger partial charge in [0.15, 0.2) is 0 Å². The van der Waals surface area contributed by atoms with Crippen LogP contribution in [0.15, 0.2) is 17.1 Å². The summed E-state index contributed by atoms with van der Waals surface area (Å²) in [6, 6.07) is 3.91. The van der Waals surface area contributed by atoms with Gasteiger partial charge < -0.3 is 11.5 Å². The molecule has 1 aromatic carbocycles. The van der Waals surface area contributed by atoms with E-state index < -0.39 is 0 Å². The lowest BCUT2D eigenvalue weighted by Crippen LogP contribution is -1.93. The lowest BCUT2D eigenvalue weighted by molar-refractivity contribution is 1.35. The van der Waals surface area contributed by atoms with Crippen LogP contribution in [0.4, 0.5) is 11.4 Å². The summed E-state index contributed by atoms with van der Waals surface area (Å²) >= 11 is 0. The molecular weight excluding hydrogens is 150 g/mol. The standard InChI is InChI=1S/C9H13N3/c1-6-3-7(2)9(12-5-10)8(11)4-6/h3-5H,11H2,1-2H3,(H2,10,12). The molecule has 0 aromatic heterocycles. The van der Waals surface area contributed by atoms with Gasteiger partial charge in [-0.15, -0.1) is 0 Å². The first kappa shape index (κ1) is 8.59. The third-order valence-electron chi connectivity index (χ3n) is 1.68. The molecule has 0 radical (unpaired) electrons. The van der Waals surface area contributed by atoms with Crippen molar-refractivity contribution in [2.75, 3.05) is 5.73 Å². The minimum absolute atomic E-state index is 0.675. The Kier molecular flexibility index (Phi) is 2.33. The highest BCUT2D eigenvalue weighted by molar-refractivity contribution is 5.72. The summed E-state index contributed by atoms with van der Waals surface area (Å²) in [5.74, 6) is 0. The van der Waals surface area contributed by atoms with Crippen molar-refractivity contribution in [2.45, 2.75) is 13.8 Å². The predicted octanol–water partition coefficient (Wildman–Crippen LogP) is 1.50. The molecule has 0 aliphatic rings. The van der Waals surface area contributed by atoms with Crippen molar-refractivity contribution in [3.8, 4) is 0 Å². The van der Waals surface area contributed by atoms with Crippen molar-refractivity contribution >= 4 is 17.7 Å². The van der Waals surface area contributed by atoms with Crippen LogP contribution in [0.25, 0.3) is 0 Å². The number of aryl methyl sites for hydroxylation is 2. The maximum Gasteiger partial charge on any atom is 0.0905 e. The molecule has 0 unspecified atom stereocenters. The molecule has 3 heteroatoms. The Hall–Kier alpha value is -1.51. The van der Waals surface area contributed by atoms with Crippen molar-refractivity contribution in [3.05, 3.63) is 23.3 Å². The molecule has 4 N–H and O–H groups in total. The average Bonchev–Trinajstić information content (AvgIpc) is 1.96. The minimum atomic E-state index is 0.675. The maximum absolute atomic E-state index is 5.74. The van der Waals surface area contributed by atoms with Crippen LogP contribution in [0.1, 0.15) is 11.1 Å². The Balaban J connectivity index is 3.28. The third kappa shape index (κ3) is 1.56. The van der Waals surface area contributed by atoms with Crippen LogP contribution in [-0.4, -0.2) is 6.34 Å². The Morgan fingerprint density at radius 2 is 2.00 bits per heavy atom. The highest BCUT2D eigenvalue weighted by Gasteiger charge is 2.01. The van der Waals surface area contributed by atoms with Gasteiger partial charge in [0.2, 0.25) is 0 Å². The van der Waals surface area contributed by atoms with E-state index in [4.69, 9.17) is 11.5 Å². The Morgan fingerprint density at radius 1 is 1.33 bits per heavy atom. The monoisotopic (exact) mass is 163 g/mol. The Bertz CT molecular complexity index is 293. The van der Waals surface area contributed by atoms with E-state index in [-0.39, 0.29) is 0 Å². The molecule has 0 spiro atoms. The maximum atomic E-state index is 5.74. The van der Waals surface area contributed by atoms with Crippen LogP contribution in [0, 0.1) is 13.8 Å². The van der Waals surface area contributed by atoms with Crippen LogP contribution in [0.3, 0.4) is 0 Å². The fourth-order valence-electron chi connectivity index (χ4n) is 1.24. The number of nitrogen functional groups attached to an aromatic ring is 1. The molecule has 0 aliphatic carbocycles. The topological polar surface area (TPSA) is 64.4 Å². The summed E-state index contributed by atoms with van der Waals surface area (Å²) in [4.78, 5) is 3.97. The van der Waals surface area contributed by atoms with Crippen molar-refractivity contribution < 1.29 is 0 Å². The largest absolute Gasteiger partial charge is 0.397 e. The minimum Gasteiger partial charge on any atom is -0.397 e. The van der Waals surface area contributed by atoms with Gasteiger partial charge in [0.1, 0.15) is 0 Å². The number of nitrogens with zero attached hydrogens (tertiary/aromatic N) is 1. The van der Waals surface area contributed by atoms with Crippen molar-refractivity contribution in [2.24, 2.45) is 10.7 Å². The molecule has 3 nitrogen and oxygen atoms in total. The number of rotatable bonds is 1. The van der Waals surface area contributed by atoms with Gasteiger partial charge in [0.25, 0.3) is 0 Å². The zero-order valence-electron chi connectivity index (χ0n) is 7.33. The van der Waals surface area contributed by atoms with Crippen LogP contribution < -0.4 is 11.5 Å². The van der Waals surface area contributed by atoms with Crippen molar-refractivity contribution in [1.29, 1.82) is 0 Å². The van der Waals surface area contributed by atoms with Crippen LogP contribution in [-0.2, 0) is 0 Å². The first-order chi connectivity index (χ1) is 5.65. The molecule has 64 valence electrons. The number of anilines is 1. The van der Waals surface area contributed by atoms with Gasteiger partial charge in [-0.3, -0.25) is 0 Å². The zero-order valence-corrected chi connectivity index (χ0v) is 7.33. The van der Waals surface area contributed by atoms with Gasteiger partial charge in [0, 0.05) is 0 Å². The summed E-state index contributed by atoms with van der Waals surface area (Å²) in [6.45, 7) is 3.96. The molecular formula is C9H13N3. The number of benzene rings is 1. The third-order valence-corrected chi connectivity index (χ3v) is 1.68. The van der Waals surface area contributed by atoms with E-state index in [0.717, 1.165) is 16.8 Å². The van der Waals surface area contributed by atoms with Gasteiger partial charge in [-0.1, -0.05) is 6.07 Å². The first-order valence-electron chi connectivity index (χ1n) is 3.76. The number of hydrogen-bond acceptors (Lipinski definition) is 2. The second kappa shape index (κ2) is 3.26. The average molecular weight is 163 g/mol. The van der Waals surface area contributed by atoms with Gasteiger partial charge in [-0.25, -0.2) is 4.99 Å². The molecule has 0 saturated heterocycles. The SMILES string of the molecule is Cc1cc(C)c(N=CN)c(N)c1. The fraction of sp³-hybridized carbons (Fsp3) is 0.222. The van der Waals surface area contributed by atoms with E-state index in [1.807, 2.05) is 26.0 Å². The van der Waals surface area contributed by atoms with Crippen LogP contribution in [0.5, 0.6) is 0 Å². The van der Waals surface area contributed by atoms with Crippen molar-refractivity contribution in [3.63, 3.8) is 0 Å². The predicted molar refractivity (Wildman–Crippen MR) is 52.7 cm³/mol. The summed E-state index contributed by atoms with van der Waals surface area (Å²) < 4.78 is 0. The van der Waals surface area contributed by atoms with Gasteiger partial charge in [0.05, 0.1) is 17.7 Å². The molecule has 1 aromatic rings. The fourth-order valence-corrected chi connectivity index (χ4v) is 1.24. The van der Waals surface area contributed by atoms with Crippen LogP contribution in [0.2, 0.25) is 0 Å². The van der Waals surface area contributed by atoms with E-state index >= 15 is 0 Å². The first-order valence-corrected chi connectivity index (χ1v) is 3.76. The number of nitrogens with two attached hydrogens (primary N) is 2. The van der Waals surface area contributed by atoms with Gasteiger partial charge in [-0.05, 0) is 31.0 Å². The van der Waals surface area contributed by atoms with E-state index in [2.05, 4.69) is 4.99 Å². The molecule has 0 heterocycles. The molecule has 0 atom stereocenters. The number of hydrogen-bond donors (Lipinski definition) is 2. The summed E-state index contributed by atoms with van der Waals surface area (Å²) in [5.41, 5.74) is 14.6. The Labute approximate surface area is 72.1 Å². The lowest BCUT2D eigenvalue weighted by Gasteiger charge is -2.04. The van der Waals surface area contributed by atoms with E-state index in [9.17, 15) is 0 Å². The highest BCUT2D eigenvalue weighted by Crippen LogP contribution is 2.27. The lowest BCUT2D eigenvalue weighted by atomic mass is 10.1. The Morgan fingerprint density at radius 3 is 2.50 bits per heavy atom. The zero-order chi connectivity index (χ0) is 9.14. The second-order valence-electron chi connectivity index (χ2n) is 2.80. The summed E-state index contributed by atoms with van der Waals surface area (Å²) in [5, 5.41) is 0. The molecule has 0 fully saturated rings.